The number of para-hydroxylation sites is 2. The predicted molar refractivity (Wildman–Crippen MR) is 130 cm³/mol. The zero-order valence-electron chi connectivity index (χ0n) is 19.7. The highest BCUT2D eigenvalue weighted by atomic mass is 16.6. The second-order valence-corrected chi connectivity index (χ2v) is 8.27. The van der Waals surface area contributed by atoms with Crippen LogP contribution in [0.3, 0.4) is 0 Å². The number of rotatable bonds is 10. The summed E-state index contributed by atoms with van der Waals surface area (Å²) in [5.74, 6) is 0.766. The molecule has 0 aromatic heterocycles. The fraction of sp³-hybridized carbons (Fsp3) is 0.480. The molecule has 1 aliphatic heterocycles. The van der Waals surface area contributed by atoms with Crippen molar-refractivity contribution >= 4 is 17.3 Å². The molecule has 2 aromatic carbocycles. The summed E-state index contributed by atoms with van der Waals surface area (Å²) >= 11 is 0. The molecule has 0 radical (unpaired) electrons. The third-order valence-corrected chi connectivity index (χ3v) is 6.49. The fourth-order valence-corrected chi connectivity index (χ4v) is 4.58. The molecule has 1 aliphatic rings. The van der Waals surface area contributed by atoms with Crippen LogP contribution >= 0.6 is 0 Å². The van der Waals surface area contributed by atoms with Crippen LogP contribution < -0.4 is 15.0 Å². The summed E-state index contributed by atoms with van der Waals surface area (Å²) in [5, 5.41) is 14.5. The number of likely N-dealkylation sites (N-methyl/N-ethyl adjacent to an activating group) is 1. The van der Waals surface area contributed by atoms with E-state index >= 15 is 0 Å². The van der Waals surface area contributed by atoms with Gasteiger partial charge in [-0.15, -0.1) is 0 Å². The molecule has 0 saturated carbocycles. The number of carbonyl (C=O) groups excluding carboxylic acids is 1. The van der Waals surface area contributed by atoms with Crippen molar-refractivity contribution in [3.8, 4) is 5.75 Å². The summed E-state index contributed by atoms with van der Waals surface area (Å²) in [6.45, 7) is 7.77. The van der Waals surface area contributed by atoms with Gasteiger partial charge in [0.15, 0.2) is 0 Å². The Morgan fingerprint density at radius 1 is 1.18 bits per heavy atom. The molecule has 1 saturated heterocycles. The SMILES string of the molecule is CCN(CC)C(CNC(=O)C1CCN(c2ccccc2[N+](=O)[O-])CC1)c1cccc(OC)c1. The van der Waals surface area contributed by atoms with E-state index < -0.39 is 0 Å². The van der Waals surface area contributed by atoms with Gasteiger partial charge in [-0.25, -0.2) is 0 Å². The number of piperidine rings is 1. The van der Waals surface area contributed by atoms with Crippen LogP contribution in [0.2, 0.25) is 0 Å². The monoisotopic (exact) mass is 454 g/mol. The minimum Gasteiger partial charge on any atom is -0.497 e. The minimum absolute atomic E-state index is 0.0530. The third kappa shape index (κ3) is 6.01. The lowest BCUT2D eigenvalue weighted by molar-refractivity contribution is -0.384. The van der Waals surface area contributed by atoms with Gasteiger partial charge in [-0.2, -0.15) is 0 Å². The van der Waals surface area contributed by atoms with Crippen LogP contribution in [-0.4, -0.2) is 55.6 Å². The van der Waals surface area contributed by atoms with Crippen molar-refractivity contribution in [2.75, 3.05) is 44.7 Å². The maximum atomic E-state index is 13.0. The number of hydrogen-bond acceptors (Lipinski definition) is 6. The lowest BCUT2D eigenvalue weighted by Gasteiger charge is -2.34. The molecule has 8 heteroatoms. The first kappa shape index (κ1) is 24.5. The van der Waals surface area contributed by atoms with Crippen LogP contribution in [0.5, 0.6) is 5.75 Å². The molecule has 1 fully saturated rings. The van der Waals surface area contributed by atoms with Crippen molar-refractivity contribution in [1.29, 1.82) is 0 Å². The number of nitro groups is 1. The van der Waals surface area contributed by atoms with Crippen molar-refractivity contribution < 1.29 is 14.5 Å². The largest absolute Gasteiger partial charge is 0.497 e. The van der Waals surface area contributed by atoms with Crippen molar-refractivity contribution in [3.63, 3.8) is 0 Å². The Kier molecular flexibility index (Phi) is 8.65. The Bertz CT molecular complexity index is 940. The Balaban J connectivity index is 1.62. The zero-order valence-corrected chi connectivity index (χ0v) is 19.7. The van der Waals surface area contributed by atoms with E-state index in [1.54, 1.807) is 19.2 Å². The Morgan fingerprint density at radius 2 is 1.88 bits per heavy atom. The highest BCUT2D eigenvalue weighted by molar-refractivity contribution is 5.79. The van der Waals surface area contributed by atoms with Crippen molar-refractivity contribution in [2.24, 2.45) is 5.92 Å². The van der Waals surface area contributed by atoms with Gasteiger partial charge >= 0.3 is 0 Å². The van der Waals surface area contributed by atoms with E-state index in [1.165, 1.54) is 6.07 Å². The minimum atomic E-state index is -0.347. The Hall–Kier alpha value is -3.13. The molecule has 0 spiro atoms. The predicted octanol–water partition coefficient (Wildman–Crippen LogP) is 4.02. The summed E-state index contributed by atoms with van der Waals surface area (Å²) < 4.78 is 5.39. The second-order valence-electron chi connectivity index (χ2n) is 8.27. The highest BCUT2D eigenvalue weighted by Crippen LogP contribution is 2.31. The molecule has 1 N–H and O–H groups in total. The lowest BCUT2D eigenvalue weighted by Crippen LogP contribution is -2.43. The number of carbonyl (C=O) groups is 1. The zero-order chi connectivity index (χ0) is 23.8. The van der Waals surface area contributed by atoms with Gasteiger partial charge in [-0.3, -0.25) is 19.8 Å². The number of nitrogens with one attached hydrogen (secondary N) is 1. The summed E-state index contributed by atoms with van der Waals surface area (Å²) in [6.07, 6.45) is 1.35. The van der Waals surface area contributed by atoms with E-state index in [1.807, 2.05) is 29.2 Å². The third-order valence-electron chi connectivity index (χ3n) is 6.49. The van der Waals surface area contributed by atoms with Crippen LogP contribution in [0, 0.1) is 16.0 Å². The van der Waals surface area contributed by atoms with Crippen LogP contribution in [0.15, 0.2) is 48.5 Å². The van der Waals surface area contributed by atoms with Crippen LogP contribution in [0.4, 0.5) is 11.4 Å². The van der Waals surface area contributed by atoms with Crippen molar-refractivity contribution in [1.82, 2.24) is 10.2 Å². The van der Waals surface area contributed by atoms with Gasteiger partial charge in [0.25, 0.3) is 5.69 Å². The number of nitrogens with zero attached hydrogens (tertiary/aromatic N) is 3. The van der Waals surface area contributed by atoms with Gasteiger partial charge in [0.05, 0.1) is 18.1 Å². The molecule has 0 bridgehead atoms. The fourth-order valence-electron chi connectivity index (χ4n) is 4.58. The van der Waals surface area contributed by atoms with Crippen LogP contribution in [0.1, 0.15) is 38.3 Å². The van der Waals surface area contributed by atoms with Crippen molar-refractivity contribution in [3.05, 3.63) is 64.2 Å². The van der Waals surface area contributed by atoms with Gasteiger partial charge < -0.3 is 15.0 Å². The smallest absolute Gasteiger partial charge is 0.292 e. The Labute approximate surface area is 195 Å². The van der Waals surface area contributed by atoms with E-state index in [9.17, 15) is 14.9 Å². The first-order valence-corrected chi connectivity index (χ1v) is 11.6. The maximum absolute atomic E-state index is 13.0. The van der Waals surface area contributed by atoms with Gasteiger partial charge in [0.2, 0.25) is 5.91 Å². The molecular weight excluding hydrogens is 420 g/mol. The molecule has 2 aromatic rings. The molecule has 1 heterocycles. The standard InChI is InChI=1S/C25H34N4O4/c1-4-27(5-2)24(20-9-8-10-21(17-20)33-3)18-26-25(30)19-13-15-28(16-14-19)22-11-6-7-12-23(22)29(31)32/h6-12,17,19,24H,4-5,13-16,18H2,1-3H3,(H,26,30). The number of methoxy groups -OCH3 is 1. The number of nitro benzene ring substituents is 1. The van der Waals surface area contributed by atoms with Gasteiger partial charge in [-0.1, -0.05) is 38.1 Å². The summed E-state index contributed by atoms with van der Waals surface area (Å²) in [7, 11) is 1.66. The lowest BCUT2D eigenvalue weighted by atomic mass is 9.95. The topological polar surface area (TPSA) is 88.0 Å². The van der Waals surface area contributed by atoms with Crippen LogP contribution in [0.25, 0.3) is 0 Å². The first-order chi connectivity index (χ1) is 16.0. The number of benzene rings is 2. The number of ether oxygens (including phenoxy) is 1. The number of amides is 1. The Morgan fingerprint density at radius 3 is 2.52 bits per heavy atom. The normalized spacial score (nSPS) is 15.3. The highest BCUT2D eigenvalue weighted by Gasteiger charge is 2.29. The molecule has 1 atom stereocenters. The van der Waals surface area contributed by atoms with Gasteiger partial charge in [0.1, 0.15) is 11.4 Å². The van der Waals surface area contributed by atoms with Crippen molar-refractivity contribution in [2.45, 2.75) is 32.7 Å². The van der Waals surface area contributed by atoms with Gasteiger partial charge in [-0.05, 0) is 49.7 Å². The molecular formula is C25H34N4O4. The molecule has 33 heavy (non-hydrogen) atoms. The van der Waals surface area contributed by atoms with E-state index in [0.29, 0.717) is 38.2 Å². The molecule has 1 amide bonds. The van der Waals surface area contributed by atoms with E-state index in [-0.39, 0.29) is 28.5 Å². The van der Waals surface area contributed by atoms with Gasteiger partial charge in [0, 0.05) is 31.6 Å². The van der Waals surface area contributed by atoms with Crippen LogP contribution in [-0.2, 0) is 4.79 Å². The summed E-state index contributed by atoms with van der Waals surface area (Å²) in [4.78, 5) is 28.3. The number of hydrogen-bond donors (Lipinski definition) is 1. The number of anilines is 1. The van der Waals surface area contributed by atoms with E-state index in [2.05, 4.69) is 30.1 Å². The van der Waals surface area contributed by atoms with E-state index in [4.69, 9.17) is 4.74 Å². The summed E-state index contributed by atoms with van der Waals surface area (Å²) in [5.41, 5.74) is 1.85. The van der Waals surface area contributed by atoms with E-state index in [0.717, 1.165) is 24.4 Å². The summed E-state index contributed by atoms with van der Waals surface area (Å²) in [6, 6.07) is 14.9. The maximum Gasteiger partial charge on any atom is 0.292 e. The average Bonchev–Trinajstić information content (AvgIpc) is 2.86. The first-order valence-electron chi connectivity index (χ1n) is 11.6. The average molecular weight is 455 g/mol. The molecule has 8 nitrogen and oxygen atoms in total. The molecule has 0 aliphatic carbocycles. The quantitative estimate of drug-likeness (QED) is 0.431. The molecule has 178 valence electrons. The molecule has 3 rings (SSSR count). The molecule has 1 unspecified atom stereocenters. The second kappa shape index (κ2) is 11.7.